The lowest BCUT2D eigenvalue weighted by Gasteiger charge is -2.21. The maximum Gasteiger partial charge on any atom is 0.171 e. The Labute approximate surface area is 149 Å². The molecule has 4 nitrogen and oxygen atoms in total. The fourth-order valence-electron chi connectivity index (χ4n) is 2.45. The van der Waals surface area contributed by atoms with E-state index >= 15 is 0 Å². The number of benzene rings is 2. The van der Waals surface area contributed by atoms with Crippen molar-refractivity contribution < 1.29 is 9.47 Å². The van der Waals surface area contributed by atoms with Crippen molar-refractivity contribution >= 4 is 23.0 Å². The summed E-state index contributed by atoms with van der Waals surface area (Å²) < 4.78 is 10.7. The van der Waals surface area contributed by atoms with Crippen LogP contribution in [0.4, 0.5) is 5.69 Å². The molecule has 2 aromatic carbocycles. The van der Waals surface area contributed by atoms with Crippen molar-refractivity contribution in [3.05, 3.63) is 53.6 Å². The predicted octanol–water partition coefficient (Wildman–Crippen LogP) is 4.45. The molecule has 5 heteroatoms. The van der Waals surface area contributed by atoms with E-state index < -0.39 is 0 Å². The highest BCUT2D eigenvalue weighted by atomic mass is 32.1. The molecule has 2 rings (SSSR count). The molecule has 0 aliphatic rings. The summed E-state index contributed by atoms with van der Waals surface area (Å²) in [6.07, 6.45) is 0.894. The van der Waals surface area contributed by atoms with Gasteiger partial charge in [0, 0.05) is 5.69 Å². The van der Waals surface area contributed by atoms with Gasteiger partial charge in [-0.05, 0) is 55.4 Å². The van der Waals surface area contributed by atoms with Crippen LogP contribution in [0, 0.1) is 6.92 Å². The van der Waals surface area contributed by atoms with Crippen molar-refractivity contribution in [2.24, 2.45) is 0 Å². The molecule has 0 bridgehead atoms. The quantitative estimate of drug-likeness (QED) is 0.758. The van der Waals surface area contributed by atoms with Crippen molar-refractivity contribution in [1.82, 2.24) is 5.32 Å². The summed E-state index contributed by atoms with van der Waals surface area (Å²) in [5.74, 6) is 1.43. The highest BCUT2D eigenvalue weighted by molar-refractivity contribution is 7.80. The zero-order valence-corrected chi connectivity index (χ0v) is 15.4. The maximum absolute atomic E-state index is 5.44. The summed E-state index contributed by atoms with van der Waals surface area (Å²) in [7, 11) is 3.27. The Hall–Kier alpha value is -2.27. The van der Waals surface area contributed by atoms with Crippen molar-refractivity contribution in [1.29, 1.82) is 0 Å². The standard InChI is InChI=1S/C19H24N2O2S/c1-5-16(14-8-11-17(22-3)18(12-14)23-4)21-19(24)20-15-9-6-13(2)7-10-15/h6-12,16H,5H2,1-4H3,(H2,20,21,24)/t16-/m1/s1. The molecule has 0 fully saturated rings. The van der Waals surface area contributed by atoms with E-state index in [0.717, 1.165) is 23.4 Å². The Morgan fingerprint density at radius 1 is 1.04 bits per heavy atom. The number of anilines is 1. The first-order valence-corrected chi connectivity index (χ1v) is 8.34. The number of thiocarbonyl (C=S) groups is 1. The first kappa shape index (κ1) is 18.1. The Balaban J connectivity index is 2.08. The minimum atomic E-state index is 0.0928. The molecule has 0 spiro atoms. The van der Waals surface area contributed by atoms with Crippen LogP contribution in [0.5, 0.6) is 11.5 Å². The lowest BCUT2D eigenvalue weighted by Crippen LogP contribution is -2.32. The molecule has 0 aliphatic carbocycles. The molecule has 0 saturated heterocycles. The molecule has 0 saturated carbocycles. The van der Waals surface area contributed by atoms with Gasteiger partial charge < -0.3 is 20.1 Å². The van der Waals surface area contributed by atoms with Crippen LogP contribution in [0.2, 0.25) is 0 Å². The van der Waals surface area contributed by atoms with Crippen LogP contribution in [-0.4, -0.2) is 19.3 Å². The normalized spacial score (nSPS) is 11.5. The Morgan fingerprint density at radius 2 is 1.71 bits per heavy atom. The minimum Gasteiger partial charge on any atom is -0.493 e. The van der Waals surface area contributed by atoms with Gasteiger partial charge in [0.1, 0.15) is 0 Å². The molecule has 0 unspecified atom stereocenters. The van der Waals surface area contributed by atoms with Crippen molar-refractivity contribution in [3.63, 3.8) is 0 Å². The van der Waals surface area contributed by atoms with Crippen LogP contribution >= 0.6 is 12.2 Å². The number of hydrogen-bond donors (Lipinski definition) is 2. The van der Waals surface area contributed by atoms with Crippen molar-refractivity contribution in [2.45, 2.75) is 26.3 Å². The van der Waals surface area contributed by atoms with E-state index in [0.29, 0.717) is 10.9 Å². The van der Waals surface area contributed by atoms with Gasteiger partial charge in [-0.25, -0.2) is 0 Å². The number of methoxy groups -OCH3 is 2. The lowest BCUT2D eigenvalue weighted by atomic mass is 10.0. The smallest absolute Gasteiger partial charge is 0.171 e. The van der Waals surface area contributed by atoms with Crippen molar-refractivity contribution in [3.8, 4) is 11.5 Å². The van der Waals surface area contributed by atoms with Gasteiger partial charge in [0.2, 0.25) is 0 Å². The van der Waals surface area contributed by atoms with Crippen molar-refractivity contribution in [2.75, 3.05) is 19.5 Å². The van der Waals surface area contributed by atoms with Crippen LogP contribution in [0.25, 0.3) is 0 Å². The second-order valence-electron chi connectivity index (χ2n) is 5.54. The largest absolute Gasteiger partial charge is 0.493 e. The molecule has 24 heavy (non-hydrogen) atoms. The summed E-state index contributed by atoms with van der Waals surface area (Å²) in [6.45, 7) is 4.17. The van der Waals surface area contributed by atoms with E-state index in [1.165, 1.54) is 5.56 Å². The number of hydrogen-bond acceptors (Lipinski definition) is 3. The van der Waals surface area contributed by atoms with E-state index in [1.54, 1.807) is 14.2 Å². The van der Waals surface area contributed by atoms with Gasteiger partial charge >= 0.3 is 0 Å². The van der Waals surface area contributed by atoms with Gasteiger partial charge in [-0.2, -0.15) is 0 Å². The second-order valence-corrected chi connectivity index (χ2v) is 5.95. The summed E-state index contributed by atoms with van der Waals surface area (Å²) >= 11 is 5.44. The third-order valence-electron chi connectivity index (χ3n) is 3.83. The number of aryl methyl sites for hydroxylation is 1. The SMILES string of the molecule is CC[C@@H](NC(=S)Nc1ccc(C)cc1)c1ccc(OC)c(OC)c1. The van der Waals surface area contributed by atoms with Gasteiger partial charge in [0.05, 0.1) is 20.3 Å². The third-order valence-corrected chi connectivity index (χ3v) is 4.05. The number of nitrogens with one attached hydrogen (secondary N) is 2. The van der Waals surface area contributed by atoms with E-state index in [2.05, 4.69) is 36.6 Å². The Bertz CT molecular complexity index is 686. The Kier molecular flexibility index (Phi) is 6.44. The topological polar surface area (TPSA) is 42.5 Å². The molecule has 128 valence electrons. The van der Waals surface area contributed by atoms with Gasteiger partial charge in [0.25, 0.3) is 0 Å². The molecule has 2 N–H and O–H groups in total. The molecule has 0 heterocycles. The lowest BCUT2D eigenvalue weighted by molar-refractivity contribution is 0.354. The molecular formula is C19H24N2O2S. The fraction of sp³-hybridized carbons (Fsp3) is 0.316. The van der Waals surface area contributed by atoms with Crippen LogP contribution in [0.3, 0.4) is 0 Å². The van der Waals surface area contributed by atoms with Crippen LogP contribution in [-0.2, 0) is 0 Å². The van der Waals surface area contributed by atoms with Crippen LogP contribution < -0.4 is 20.1 Å². The van der Waals surface area contributed by atoms with Crippen LogP contribution in [0.1, 0.15) is 30.5 Å². The zero-order chi connectivity index (χ0) is 17.5. The summed E-state index contributed by atoms with van der Waals surface area (Å²) in [5.41, 5.74) is 3.29. The highest BCUT2D eigenvalue weighted by Crippen LogP contribution is 2.30. The van der Waals surface area contributed by atoms with E-state index in [9.17, 15) is 0 Å². The van der Waals surface area contributed by atoms with Crippen LogP contribution in [0.15, 0.2) is 42.5 Å². The van der Waals surface area contributed by atoms with Gasteiger partial charge in [-0.15, -0.1) is 0 Å². The van der Waals surface area contributed by atoms with E-state index in [-0.39, 0.29) is 6.04 Å². The average molecular weight is 344 g/mol. The maximum atomic E-state index is 5.44. The second kappa shape index (κ2) is 8.55. The average Bonchev–Trinajstić information content (AvgIpc) is 2.61. The Morgan fingerprint density at radius 3 is 2.29 bits per heavy atom. The van der Waals surface area contributed by atoms with Gasteiger partial charge in [-0.1, -0.05) is 30.7 Å². The molecule has 1 atom stereocenters. The fourth-order valence-corrected chi connectivity index (χ4v) is 2.71. The number of rotatable bonds is 6. The first-order chi connectivity index (χ1) is 11.6. The van der Waals surface area contributed by atoms with Gasteiger partial charge in [0.15, 0.2) is 16.6 Å². The van der Waals surface area contributed by atoms with E-state index in [1.807, 2.05) is 30.3 Å². The molecule has 0 aromatic heterocycles. The monoisotopic (exact) mass is 344 g/mol. The molecule has 0 radical (unpaired) electrons. The summed E-state index contributed by atoms with van der Waals surface area (Å²) in [6, 6.07) is 14.1. The molecular weight excluding hydrogens is 320 g/mol. The predicted molar refractivity (Wildman–Crippen MR) is 103 cm³/mol. The molecule has 0 amide bonds. The van der Waals surface area contributed by atoms with E-state index in [4.69, 9.17) is 21.7 Å². The zero-order valence-electron chi connectivity index (χ0n) is 14.6. The minimum absolute atomic E-state index is 0.0928. The summed E-state index contributed by atoms with van der Waals surface area (Å²) in [5, 5.41) is 7.18. The van der Waals surface area contributed by atoms with Gasteiger partial charge in [-0.3, -0.25) is 0 Å². The molecule has 2 aromatic rings. The highest BCUT2D eigenvalue weighted by Gasteiger charge is 2.14. The summed E-state index contributed by atoms with van der Waals surface area (Å²) in [4.78, 5) is 0. The number of ether oxygens (including phenoxy) is 2. The first-order valence-electron chi connectivity index (χ1n) is 7.93. The molecule has 0 aliphatic heterocycles. The third kappa shape index (κ3) is 4.61.